The Morgan fingerprint density at radius 1 is 1.32 bits per heavy atom. The van der Waals surface area contributed by atoms with Gasteiger partial charge in [0.25, 0.3) is 5.91 Å². The molecule has 28 heavy (non-hydrogen) atoms. The maximum absolute atomic E-state index is 13.1. The number of para-hydroxylation sites is 1. The molecule has 0 radical (unpaired) electrons. The van der Waals surface area contributed by atoms with Crippen molar-refractivity contribution in [2.24, 2.45) is 0 Å². The van der Waals surface area contributed by atoms with Gasteiger partial charge < -0.3 is 20.1 Å². The standard InChI is InChI=1S/C20H25F3N2O3/c1-14(12-26)7-8-15(2)28-13-19(27)25-10-9-16(11-25)24-18-6-4-3-5-17(18)20(21,22)23/h3-8,16,24,26H,9-13H2,1-2H3/b14-7+,15-8+. The number of anilines is 1. The molecule has 1 aliphatic heterocycles. The monoisotopic (exact) mass is 398 g/mol. The Bertz CT molecular complexity index is 744. The number of amides is 1. The summed E-state index contributed by atoms with van der Waals surface area (Å²) >= 11 is 0. The van der Waals surface area contributed by atoms with E-state index in [4.69, 9.17) is 9.84 Å². The fourth-order valence-electron chi connectivity index (χ4n) is 2.81. The minimum Gasteiger partial charge on any atom is -0.488 e. The van der Waals surface area contributed by atoms with Crippen molar-refractivity contribution in [1.82, 2.24) is 4.90 Å². The molecule has 1 aromatic rings. The first-order valence-electron chi connectivity index (χ1n) is 8.99. The Labute approximate surface area is 162 Å². The first-order valence-corrected chi connectivity index (χ1v) is 8.99. The molecule has 8 heteroatoms. The summed E-state index contributed by atoms with van der Waals surface area (Å²) in [7, 11) is 0. The van der Waals surface area contributed by atoms with Crippen LogP contribution >= 0.6 is 0 Å². The van der Waals surface area contributed by atoms with Gasteiger partial charge in [0.2, 0.25) is 0 Å². The molecule has 1 aliphatic rings. The molecule has 2 N–H and O–H groups in total. The van der Waals surface area contributed by atoms with Crippen molar-refractivity contribution in [3.63, 3.8) is 0 Å². The lowest BCUT2D eigenvalue weighted by molar-refractivity contribution is -0.137. The zero-order chi connectivity index (χ0) is 20.7. The summed E-state index contributed by atoms with van der Waals surface area (Å²) in [5, 5.41) is 11.8. The van der Waals surface area contributed by atoms with Crippen molar-refractivity contribution in [2.75, 3.05) is 31.6 Å². The third kappa shape index (κ3) is 6.30. The van der Waals surface area contributed by atoms with Gasteiger partial charge in [-0.15, -0.1) is 0 Å². The van der Waals surface area contributed by atoms with Gasteiger partial charge in [-0.3, -0.25) is 4.79 Å². The number of carbonyl (C=O) groups is 1. The molecule has 0 aromatic heterocycles. The van der Waals surface area contributed by atoms with E-state index in [-0.39, 0.29) is 30.9 Å². The summed E-state index contributed by atoms with van der Waals surface area (Å²) < 4.78 is 44.7. The summed E-state index contributed by atoms with van der Waals surface area (Å²) in [5.74, 6) is 0.318. The van der Waals surface area contributed by atoms with Crippen LogP contribution in [0.1, 0.15) is 25.8 Å². The highest BCUT2D eigenvalue weighted by molar-refractivity contribution is 5.78. The second kappa shape index (κ2) is 9.64. The molecule has 1 fully saturated rings. The number of allylic oxidation sites excluding steroid dienone is 3. The number of benzene rings is 1. The Morgan fingerprint density at radius 2 is 2.04 bits per heavy atom. The van der Waals surface area contributed by atoms with Crippen LogP contribution < -0.4 is 5.32 Å². The van der Waals surface area contributed by atoms with Gasteiger partial charge in [0, 0.05) is 24.8 Å². The number of carbonyl (C=O) groups excluding carboxylic acids is 1. The number of aliphatic hydroxyl groups excluding tert-OH is 1. The van der Waals surface area contributed by atoms with Crippen LogP contribution in [0, 0.1) is 0 Å². The number of ether oxygens (including phenoxy) is 1. The van der Waals surface area contributed by atoms with Crippen molar-refractivity contribution in [3.8, 4) is 0 Å². The van der Waals surface area contributed by atoms with Gasteiger partial charge in [-0.05, 0) is 44.1 Å². The van der Waals surface area contributed by atoms with E-state index in [0.29, 0.717) is 25.3 Å². The first-order chi connectivity index (χ1) is 13.2. The largest absolute Gasteiger partial charge is 0.488 e. The molecule has 1 atom stereocenters. The van der Waals surface area contributed by atoms with Crippen LogP contribution in [0.15, 0.2) is 47.7 Å². The summed E-state index contributed by atoms with van der Waals surface area (Å²) in [6, 6.07) is 5.08. The average Bonchev–Trinajstić information content (AvgIpc) is 3.12. The number of nitrogens with one attached hydrogen (secondary N) is 1. The van der Waals surface area contributed by atoms with Gasteiger partial charge in [-0.1, -0.05) is 18.2 Å². The topological polar surface area (TPSA) is 61.8 Å². The minimum atomic E-state index is -4.43. The molecule has 1 saturated heterocycles. The SMILES string of the molecule is C/C(=C\C=C(/C)OCC(=O)N1CCC(Nc2ccccc2C(F)(F)F)C1)CO. The molecule has 2 rings (SSSR count). The van der Waals surface area contributed by atoms with E-state index >= 15 is 0 Å². The maximum atomic E-state index is 13.1. The van der Waals surface area contributed by atoms with E-state index in [1.165, 1.54) is 12.1 Å². The predicted molar refractivity (Wildman–Crippen MR) is 101 cm³/mol. The van der Waals surface area contributed by atoms with Gasteiger partial charge in [-0.25, -0.2) is 0 Å². The molecule has 0 saturated carbocycles. The number of nitrogens with zero attached hydrogens (tertiary/aromatic N) is 1. The second-order valence-electron chi connectivity index (χ2n) is 6.75. The number of hydrogen-bond acceptors (Lipinski definition) is 4. The Hall–Kier alpha value is -2.48. The van der Waals surface area contributed by atoms with Crippen molar-refractivity contribution in [2.45, 2.75) is 32.5 Å². The molecule has 1 aromatic carbocycles. The number of likely N-dealkylation sites (tertiary alicyclic amines) is 1. The van der Waals surface area contributed by atoms with E-state index in [1.54, 1.807) is 37.0 Å². The highest BCUT2D eigenvalue weighted by Crippen LogP contribution is 2.35. The fourth-order valence-corrected chi connectivity index (χ4v) is 2.81. The third-order valence-electron chi connectivity index (χ3n) is 4.41. The van der Waals surface area contributed by atoms with Crippen molar-refractivity contribution in [1.29, 1.82) is 0 Å². The Balaban J connectivity index is 1.88. The minimum absolute atomic E-state index is 0.0235. The highest BCUT2D eigenvalue weighted by atomic mass is 19.4. The van der Waals surface area contributed by atoms with Crippen molar-refractivity contribution < 1.29 is 27.8 Å². The van der Waals surface area contributed by atoms with Gasteiger partial charge >= 0.3 is 6.18 Å². The van der Waals surface area contributed by atoms with Gasteiger partial charge in [-0.2, -0.15) is 13.2 Å². The molecule has 0 spiro atoms. The highest BCUT2D eigenvalue weighted by Gasteiger charge is 2.34. The third-order valence-corrected chi connectivity index (χ3v) is 4.41. The predicted octanol–water partition coefficient (Wildman–Crippen LogP) is 3.58. The molecule has 0 aliphatic carbocycles. The molecule has 5 nitrogen and oxygen atoms in total. The number of halogens is 3. The number of alkyl halides is 3. The van der Waals surface area contributed by atoms with E-state index in [0.717, 1.165) is 11.6 Å². The Morgan fingerprint density at radius 3 is 2.71 bits per heavy atom. The maximum Gasteiger partial charge on any atom is 0.418 e. The molecule has 154 valence electrons. The van der Waals surface area contributed by atoms with E-state index in [9.17, 15) is 18.0 Å². The van der Waals surface area contributed by atoms with E-state index in [2.05, 4.69) is 5.32 Å². The molecule has 1 amide bonds. The summed E-state index contributed by atoms with van der Waals surface area (Å²) in [4.78, 5) is 13.9. The van der Waals surface area contributed by atoms with Gasteiger partial charge in [0.05, 0.1) is 17.9 Å². The summed E-state index contributed by atoms with van der Waals surface area (Å²) in [5.41, 5.74) is 0.0762. The smallest absolute Gasteiger partial charge is 0.418 e. The van der Waals surface area contributed by atoms with E-state index in [1.807, 2.05) is 0 Å². The molecule has 1 unspecified atom stereocenters. The van der Waals surface area contributed by atoms with Crippen molar-refractivity contribution >= 4 is 11.6 Å². The molecule has 0 bridgehead atoms. The first kappa shape index (κ1) is 21.8. The second-order valence-corrected chi connectivity index (χ2v) is 6.75. The lowest BCUT2D eigenvalue weighted by Crippen LogP contribution is -2.34. The average molecular weight is 398 g/mol. The quantitative estimate of drug-likeness (QED) is 0.545. The molecular formula is C20H25F3N2O3. The number of aliphatic hydroxyl groups is 1. The Kier molecular flexibility index (Phi) is 7.51. The summed E-state index contributed by atoms with van der Waals surface area (Å²) in [6.07, 6.45) is -0.502. The van der Waals surface area contributed by atoms with Gasteiger partial charge in [0.1, 0.15) is 0 Å². The van der Waals surface area contributed by atoms with Crippen LogP contribution in [-0.4, -0.2) is 48.3 Å². The number of rotatable bonds is 7. The normalized spacial score (nSPS) is 18.4. The van der Waals surface area contributed by atoms with Crippen LogP contribution in [0.4, 0.5) is 18.9 Å². The molecule has 1 heterocycles. The fraction of sp³-hybridized carbons (Fsp3) is 0.450. The van der Waals surface area contributed by atoms with Crippen LogP contribution in [0.5, 0.6) is 0 Å². The van der Waals surface area contributed by atoms with Crippen molar-refractivity contribution in [3.05, 3.63) is 53.3 Å². The lowest BCUT2D eigenvalue weighted by Gasteiger charge is -2.20. The van der Waals surface area contributed by atoms with Crippen LogP contribution in [-0.2, 0) is 15.7 Å². The van der Waals surface area contributed by atoms with Crippen LogP contribution in [0.2, 0.25) is 0 Å². The zero-order valence-corrected chi connectivity index (χ0v) is 15.9. The molecular weight excluding hydrogens is 373 g/mol. The van der Waals surface area contributed by atoms with Gasteiger partial charge in [0.15, 0.2) is 6.61 Å². The zero-order valence-electron chi connectivity index (χ0n) is 15.9. The van der Waals surface area contributed by atoms with Crippen LogP contribution in [0.25, 0.3) is 0 Å². The summed E-state index contributed by atoms with van der Waals surface area (Å²) in [6.45, 7) is 4.06. The lowest BCUT2D eigenvalue weighted by atomic mass is 10.1. The van der Waals surface area contributed by atoms with E-state index < -0.39 is 11.7 Å². The van der Waals surface area contributed by atoms with Crippen LogP contribution in [0.3, 0.4) is 0 Å². The number of hydrogen-bond donors (Lipinski definition) is 2.